The van der Waals surface area contributed by atoms with Crippen molar-refractivity contribution in [3.8, 4) is 22.6 Å². The van der Waals surface area contributed by atoms with Crippen LogP contribution in [0.15, 0.2) is 24.3 Å². The highest BCUT2D eigenvalue weighted by atomic mass is 16.3. The fourth-order valence-electron chi connectivity index (χ4n) is 3.59. The normalized spacial score (nSPS) is 11.8. The van der Waals surface area contributed by atoms with E-state index in [1.807, 2.05) is 12.1 Å². The lowest BCUT2D eigenvalue weighted by Gasteiger charge is -2.26. The first kappa shape index (κ1) is 20.4. The van der Waals surface area contributed by atoms with Gasteiger partial charge in [0.2, 0.25) is 0 Å². The molecule has 2 aromatic rings. The summed E-state index contributed by atoms with van der Waals surface area (Å²) in [6.07, 6.45) is 5.60. The Hall–Kier alpha value is -1.96. The summed E-state index contributed by atoms with van der Waals surface area (Å²) in [6.45, 7) is 12.8. The third kappa shape index (κ3) is 4.41. The van der Waals surface area contributed by atoms with Crippen LogP contribution in [0.2, 0.25) is 0 Å². The van der Waals surface area contributed by atoms with E-state index in [4.69, 9.17) is 0 Å². The highest BCUT2D eigenvalue weighted by molar-refractivity contribution is 5.82. The molecule has 0 radical (unpaired) electrons. The van der Waals surface area contributed by atoms with Crippen molar-refractivity contribution >= 4 is 0 Å². The van der Waals surface area contributed by atoms with E-state index >= 15 is 0 Å². The van der Waals surface area contributed by atoms with Crippen molar-refractivity contribution in [1.29, 1.82) is 0 Å². The fraction of sp³-hybridized carbons (Fsp3) is 0.500. The van der Waals surface area contributed by atoms with E-state index < -0.39 is 0 Å². The average molecular weight is 355 g/mol. The van der Waals surface area contributed by atoms with Gasteiger partial charge in [-0.3, -0.25) is 0 Å². The Bertz CT molecular complexity index is 744. The maximum atomic E-state index is 10.8. The van der Waals surface area contributed by atoms with Gasteiger partial charge in [0.15, 0.2) is 0 Å². The molecule has 0 amide bonds. The SMILES string of the molecule is CCCCCCc1cc(O)c(-c2c(C(C)(C)C)ccc(C)c2C)c(O)c1. The molecular formula is C24H34O2. The lowest BCUT2D eigenvalue weighted by molar-refractivity contribution is 0.452. The van der Waals surface area contributed by atoms with Crippen molar-refractivity contribution in [3.63, 3.8) is 0 Å². The first-order valence-corrected chi connectivity index (χ1v) is 9.82. The van der Waals surface area contributed by atoms with Crippen molar-refractivity contribution in [2.45, 2.75) is 79.1 Å². The van der Waals surface area contributed by atoms with E-state index in [0.29, 0.717) is 5.56 Å². The Morgan fingerprint density at radius 2 is 1.46 bits per heavy atom. The molecule has 26 heavy (non-hydrogen) atoms. The quantitative estimate of drug-likeness (QED) is 0.560. The molecule has 2 rings (SSSR count). The van der Waals surface area contributed by atoms with Gasteiger partial charge < -0.3 is 10.2 Å². The summed E-state index contributed by atoms with van der Waals surface area (Å²) in [5.74, 6) is 0.351. The van der Waals surface area contributed by atoms with Gasteiger partial charge in [-0.1, -0.05) is 59.1 Å². The summed E-state index contributed by atoms with van der Waals surface area (Å²) in [7, 11) is 0. The second kappa shape index (κ2) is 8.16. The minimum Gasteiger partial charge on any atom is -0.507 e. The van der Waals surface area contributed by atoms with Crippen LogP contribution in [0.25, 0.3) is 11.1 Å². The van der Waals surface area contributed by atoms with Gasteiger partial charge in [0.25, 0.3) is 0 Å². The summed E-state index contributed by atoms with van der Waals surface area (Å²) in [5, 5.41) is 21.5. The van der Waals surface area contributed by atoms with Crippen LogP contribution >= 0.6 is 0 Å². The number of hydrogen-bond acceptors (Lipinski definition) is 2. The van der Waals surface area contributed by atoms with Gasteiger partial charge in [-0.25, -0.2) is 0 Å². The maximum Gasteiger partial charge on any atom is 0.127 e. The van der Waals surface area contributed by atoms with E-state index in [0.717, 1.165) is 40.7 Å². The third-order valence-corrected chi connectivity index (χ3v) is 5.27. The summed E-state index contributed by atoms with van der Waals surface area (Å²) in [4.78, 5) is 0. The van der Waals surface area contributed by atoms with Crippen molar-refractivity contribution in [3.05, 3.63) is 46.5 Å². The highest BCUT2D eigenvalue weighted by Crippen LogP contribution is 2.45. The van der Waals surface area contributed by atoms with Crippen molar-refractivity contribution < 1.29 is 10.2 Å². The zero-order valence-corrected chi connectivity index (χ0v) is 17.2. The molecule has 0 aliphatic heterocycles. The standard InChI is InChI=1S/C24H34O2/c1-7-8-9-10-11-18-14-20(25)23(21(26)15-18)22-17(3)16(2)12-13-19(22)24(4,5)6/h12-15,25-26H,7-11H2,1-6H3. The third-order valence-electron chi connectivity index (χ3n) is 5.27. The number of aromatic hydroxyl groups is 2. The Labute approximate surface area is 158 Å². The second-order valence-corrected chi connectivity index (χ2v) is 8.50. The molecule has 142 valence electrons. The van der Waals surface area contributed by atoms with Gasteiger partial charge in [-0.15, -0.1) is 0 Å². The van der Waals surface area contributed by atoms with Crippen LogP contribution < -0.4 is 0 Å². The summed E-state index contributed by atoms with van der Waals surface area (Å²) < 4.78 is 0. The highest BCUT2D eigenvalue weighted by Gasteiger charge is 2.24. The van der Waals surface area contributed by atoms with Crippen LogP contribution in [0.1, 0.15) is 75.6 Å². The summed E-state index contributed by atoms with van der Waals surface area (Å²) >= 11 is 0. The molecule has 0 atom stereocenters. The predicted molar refractivity (Wildman–Crippen MR) is 111 cm³/mol. The molecule has 0 unspecified atom stereocenters. The topological polar surface area (TPSA) is 40.5 Å². The lowest BCUT2D eigenvalue weighted by atomic mass is 9.78. The number of phenols is 2. The van der Waals surface area contributed by atoms with Crippen LogP contribution in [0, 0.1) is 13.8 Å². The molecule has 0 heterocycles. The van der Waals surface area contributed by atoms with Crippen molar-refractivity contribution in [2.24, 2.45) is 0 Å². The molecule has 0 saturated heterocycles. The first-order chi connectivity index (χ1) is 12.2. The minimum atomic E-state index is -0.0779. The maximum absolute atomic E-state index is 10.8. The van der Waals surface area contributed by atoms with Gasteiger partial charge >= 0.3 is 0 Å². The smallest absolute Gasteiger partial charge is 0.127 e. The average Bonchev–Trinajstić information content (AvgIpc) is 2.54. The molecule has 2 aromatic carbocycles. The van der Waals surface area contributed by atoms with Crippen molar-refractivity contribution in [2.75, 3.05) is 0 Å². The number of phenolic OH excluding ortho intramolecular Hbond substituents is 2. The molecule has 2 nitrogen and oxygen atoms in total. The molecule has 0 aliphatic rings. The minimum absolute atomic E-state index is 0.0779. The van der Waals surface area contributed by atoms with Gasteiger partial charge in [0, 0.05) is 0 Å². The summed E-state index contributed by atoms with van der Waals surface area (Å²) in [6, 6.07) is 7.90. The van der Waals surface area contributed by atoms with Gasteiger partial charge in [-0.2, -0.15) is 0 Å². The molecular weight excluding hydrogens is 320 g/mol. The van der Waals surface area contributed by atoms with Gasteiger partial charge in [0.1, 0.15) is 11.5 Å². The Morgan fingerprint density at radius 3 is 2.00 bits per heavy atom. The molecule has 0 spiro atoms. The number of hydrogen-bond donors (Lipinski definition) is 2. The number of rotatable bonds is 6. The number of aryl methyl sites for hydroxylation is 2. The van der Waals surface area contributed by atoms with E-state index in [9.17, 15) is 10.2 Å². The second-order valence-electron chi connectivity index (χ2n) is 8.50. The zero-order chi connectivity index (χ0) is 19.5. The number of unbranched alkanes of at least 4 members (excludes halogenated alkanes) is 3. The van der Waals surface area contributed by atoms with E-state index in [1.54, 1.807) is 0 Å². The zero-order valence-electron chi connectivity index (χ0n) is 17.2. The monoisotopic (exact) mass is 354 g/mol. The van der Waals surface area contributed by atoms with Crippen LogP contribution in [-0.2, 0) is 11.8 Å². The van der Waals surface area contributed by atoms with Gasteiger partial charge in [0.05, 0.1) is 5.56 Å². The molecule has 0 fully saturated rings. The Balaban J connectivity index is 2.51. The number of benzene rings is 2. The van der Waals surface area contributed by atoms with E-state index in [2.05, 4.69) is 53.7 Å². The molecule has 0 aliphatic carbocycles. The molecule has 2 heteroatoms. The van der Waals surface area contributed by atoms with Crippen LogP contribution in [0.5, 0.6) is 11.5 Å². The van der Waals surface area contributed by atoms with Crippen LogP contribution in [-0.4, -0.2) is 10.2 Å². The largest absolute Gasteiger partial charge is 0.507 e. The molecule has 0 saturated carbocycles. The van der Waals surface area contributed by atoms with Crippen molar-refractivity contribution in [1.82, 2.24) is 0 Å². The predicted octanol–water partition coefficient (Wildman–Crippen LogP) is 6.80. The van der Waals surface area contributed by atoms with Gasteiger partial charge in [-0.05, 0) is 72.1 Å². The van der Waals surface area contributed by atoms with Crippen LogP contribution in [0.3, 0.4) is 0 Å². The van der Waals surface area contributed by atoms with E-state index in [-0.39, 0.29) is 16.9 Å². The van der Waals surface area contributed by atoms with E-state index in [1.165, 1.54) is 19.3 Å². The molecule has 0 aromatic heterocycles. The Kier molecular flexibility index (Phi) is 6.39. The Morgan fingerprint density at radius 1 is 0.846 bits per heavy atom. The lowest BCUT2D eigenvalue weighted by Crippen LogP contribution is -2.14. The molecule has 2 N–H and O–H groups in total. The molecule has 0 bridgehead atoms. The fourth-order valence-corrected chi connectivity index (χ4v) is 3.59. The first-order valence-electron chi connectivity index (χ1n) is 9.82. The van der Waals surface area contributed by atoms with Crippen LogP contribution in [0.4, 0.5) is 0 Å². The summed E-state index contributed by atoms with van der Waals surface area (Å²) in [5.41, 5.74) is 5.86.